The van der Waals surface area contributed by atoms with Gasteiger partial charge in [-0.25, -0.2) is 0 Å². The molecule has 3 heteroatoms. The fraction of sp³-hybridized carbons (Fsp3) is 1.00. The highest BCUT2D eigenvalue weighted by Crippen LogP contribution is 2.09. The number of likely N-dealkylation sites (tertiary alicyclic amines) is 1. The lowest BCUT2D eigenvalue weighted by molar-refractivity contribution is 0.0116. The zero-order valence-corrected chi connectivity index (χ0v) is 6.32. The van der Waals surface area contributed by atoms with Crippen molar-refractivity contribution in [1.29, 1.82) is 0 Å². The highest BCUT2D eigenvalue weighted by molar-refractivity contribution is 4.74. The van der Waals surface area contributed by atoms with E-state index in [1.54, 1.807) is 0 Å². The first kappa shape index (κ1) is 7.98. The van der Waals surface area contributed by atoms with E-state index in [2.05, 4.69) is 0 Å². The monoisotopic (exact) mass is 145 g/mol. The molecular weight excluding hydrogens is 130 g/mol. The Morgan fingerprint density at radius 1 is 1.30 bits per heavy atom. The Hall–Kier alpha value is -0.120. The number of likely N-dealkylation sites (N-methyl/N-ethyl adjacent to an activating group) is 1. The summed E-state index contributed by atoms with van der Waals surface area (Å²) in [5.74, 6) is 0. The van der Waals surface area contributed by atoms with Gasteiger partial charge in [-0.1, -0.05) is 0 Å². The molecule has 0 bridgehead atoms. The predicted octanol–water partition coefficient (Wildman–Crippen LogP) is -0.566. The predicted molar refractivity (Wildman–Crippen MR) is 38.7 cm³/mol. The molecule has 1 aliphatic heterocycles. The van der Waals surface area contributed by atoms with Crippen molar-refractivity contribution in [3.05, 3.63) is 0 Å². The van der Waals surface area contributed by atoms with Crippen LogP contribution in [-0.4, -0.2) is 47.5 Å². The molecule has 0 amide bonds. The van der Waals surface area contributed by atoms with Crippen LogP contribution in [0.1, 0.15) is 12.8 Å². The van der Waals surface area contributed by atoms with E-state index in [1.165, 1.54) is 0 Å². The molecule has 3 nitrogen and oxygen atoms in total. The van der Waals surface area contributed by atoms with Crippen LogP contribution in [0.5, 0.6) is 0 Å². The maximum absolute atomic E-state index is 9.24. The van der Waals surface area contributed by atoms with E-state index in [0.29, 0.717) is 6.54 Å². The first-order valence-electron chi connectivity index (χ1n) is 3.75. The Morgan fingerprint density at radius 3 is 2.70 bits per heavy atom. The van der Waals surface area contributed by atoms with Gasteiger partial charge in [0.25, 0.3) is 0 Å². The molecule has 0 aromatic carbocycles. The maximum atomic E-state index is 9.24. The van der Waals surface area contributed by atoms with E-state index < -0.39 is 12.2 Å². The summed E-state index contributed by atoms with van der Waals surface area (Å²) in [4.78, 5) is 2.04. The molecule has 1 heterocycles. The van der Waals surface area contributed by atoms with Crippen molar-refractivity contribution in [3.8, 4) is 0 Å². The van der Waals surface area contributed by atoms with Crippen molar-refractivity contribution in [2.45, 2.75) is 25.0 Å². The van der Waals surface area contributed by atoms with Crippen LogP contribution in [0.4, 0.5) is 0 Å². The molecule has 0 spiro atoms. The lowest BCUT2D eigenvalue weighted by Crippen LogP contribution is -2.33. The molecule has 2 N–H and O–H groups in total. The third-order valence-corrected chi connectivity index (χ3v) is 1.98. The molecule has 60 valence electrons. The maximum Gasteiger partial charge on any atom is 0.0925 e. The Balaban J connectivity index is 2.41. The third kappa shape index (κ3) is 1.94. The van der Waals surface area contributed by atoms with Gasteiger partial charge in [-0.15, -0.1) is 0 Å². The summed E-state index contributed by atoms with van der Waals surface area (Å²) in [7, 11) is 1.96. The quantitative estimate of drug-likeness (QED) is 0.480. The number of β-amino-alcohol motifs (C(OH)–C–C–N with tert-alkyl or cyclic N) is 1. The number of rotatable bonds is 0. The van der Waals surface area contributed by atoms with Crippen LogP contribution in [0.3, 0.4) is 0 Å². The standard InChI is InChI=1S/C7H15NO2/c1-8-4-2-3-6(9)7(10)5-8/h6-7,9-10H,2-5H2,1H3. The van der Waals surface area contributed by atoms with Gasteiger partial charge in [0.1, 0.15) is 0 Å². The van der Waals surface area contributed by atoms with Crippen LogP contribution in [0.15, 0.2) is 0 Å². The minimum Gasteiger partial charge on any atom is -0.390 e. The highest BCUT2D eigenvalue weighted by Gasteiger charge is 2.20. The molecule has 10 heavy (non-hydrogen) atoms. The van der Waals surface area contributed by atoms with Gasteiger partial charge in [0.2, 0.25) is 0 Å². The largest absolute Gasteiger partial charge is 0.390 e. The van der Waals surface area contributed by atoms with Crippen molar-refractivity contribution in [1.82, 2.24) is 4.90 Å². The van der Waals surface area contributed by atoms with Gasteiger partial charge in [-0.05, 0) is 26.4 Å². The van der Waals surface area contributed by atoms with Crippen molar-refractivity contribution in [2.24, 2.45) is 0 Å². The summed E-state index contributed by atoms with van der Waals surface area (Å²) in [6.45, 7) is 1.58. The fourth-order valence-corrected chi connectivity index (χ4v) is 1.30. The van der Waals surface area contributed by atoms with Crippen LogP contribution >= 0.6 is 0 Å². The average Bonchev–Trinajstić information content (AvgIpc) is 1.96. The van der Waals surface area contributed by atoms with E-state index in [9.17, 15) is 10.2 Å². The average molecular weight is 145 g/mol. The highest BCUT2D eigenvalue weighted by atomic mass is 16.3. The lowest BCUT2D eigenvalue weighted by atomic mass is 10.1. The minimum absolute atomic E-state index is 0.509. The number of hydrogen-bond donors (Lipinski definition) is 2. The smallest absolute Gasteiger partial charge is 0.0925 e. The second kappa shape index (κ2) is 3.32. The SMILES string of the molecule is CN1CCCC(O)C(O)C1. The van der Waals surface area contributed by atoms with Crippen LogP contribution in [0, 0.1) is 0 Å². The first-order valence-corrected chi connectivity index (χ1v) is 3.75. The molecule has 0 radical (unpaired) electrons. The molecule has 1 saturated heterocycles. The van der Waals surface area contributed by atoms with Gasteiger partial charge in [0.05, 0.1) is 12.2 Å². The lowest BCUT2D eigenvalue weighted by Gasteiger charge is -2.17. The summed E-state index contributed by atoms with van der Waals surface area (Å²) < 4.78 is 0. The molecule has 0 aliphatic carbocycles. The van der Waals surface area contributed by atoms with Crippen molar-refractivity contribution in [3.63, 3.8) is 0 Å². The van der Waals surface area contributed by atoms with Crippen LogP contribution < -0.4 is 0 Å². The van der Waals surface area contributed by atoms with Crippen LogP contribution in [0.2, 0.25) is 0 Å². The van der Waals surface area contributed by atoms with Gasteiger partial charge in [-0.3, -0.25) is 0 Å². The van der Waals surface area contributed by atoms with Crippen LogP contribution in [0.25, 0.3) is 0 Å². The third-order valence-electron chi connectivity index (χ3n) is 1.98. The van der Waals surface area contributed by atoms with Crippen molar-refractivity contribution in [2.75, 3.05) is 20.1 Å². The molecule has 1 aliphatic rings. The second-order valence-electron chi connectivity index (χ2n) is 3.04. The summed E-state index contributed by atoms with van der Waals surface area (Å²) >= 11 is 0. The Bertz CT molecular complexity index is 108. The second-order valence-corrected chi connectivity index (χ2v) is 3.04. The summed E-state index contributed by atoms with van der Waals surface area (Å²) in [5, 5.41) is 18.4. The van der Waals surface area contributed by atoms with Gasteiger partial charge in [-0.2, -0.15) is 0 Å². The minimum atomic E-state index is -0.549. The van der Waals surface area contributed by atoms with Crippen molar-refractivity contribution < 1.29 is 10.2 Å². The zero-order valence-electron chi connectivity index (χ0n) is 6.32. The van der Waals surface area contributed by atoms with Crippen molar-refractivity contribution >= 4 is 0 Å². The number of hydrogen-bond acceptors (Lipinski definition) is 3. The van der Waals surface area contributed by atoms with Gasteiger partial charge in [0, 0.05) is 6.54 Å². The number of nitrogens with zero attached hydrogens (tertiary/aromatic N) is 1. The molecule has 2 atom stereocenters. The summed E-state index contributed by atoms with van der Waals surface area (Å²) in [6.07, 6.45) is 0.651. The van der Waals surface area contributed by atoms with E-state index in [0.717, 1.165) is 19.4 Å². The molecular formula is C7H15NO2. The molecule has 1 rings (SSSR count). The molecule has 2 unspecified atom stereocenters. The summed E-state index contributed by atoms with van der Waals surface area (Å²) in [5.41, 5.74) is 0. The normalized spacial score (nSPS) is 37.5. The van der Waals surface area contributed by atoms with Crippen LogP contribution in [-0.2, 0) is 0 Å². The fourth-order valence-electron chi connectivity index (χ4n) is 1.30. The van der Waals surface area contributed by atoms with Gasteiger partial charge < -0.3 is 15.1 Å². The van der Waals surface area contributed by atoms with E-state index in [-0.39, 0.29) is 0 Å². The Kier molecular flexibility index (Phi) is 2.65. The van der Waals surface area contributed by atoms with E-state index in [1.807, 2.05) is 11.9 Å². The van der Waals surface area contributed by atoms with E-state index >= 15 is 0 Å². The first-order chi connectivity index (χ1) is 4.70. The number of aliphatic hydroxyl groups is 2. The summed E-state index contributed by atoms with van der Waals surface area (Å²) in [6, 6.07) is 0. The van der Waals surface area contributed by atoms with Gasteiger partial charge >= 0.3 is 0 Å². The topological polar surface area (TPSA) is 43.7 Å². The molecule has 0 aromatic heterocycles. The number of aliphatic hydroxyl groups excluding tert-OH is 2. The van der Waals surface area contributed by atoms with Gasteiger partial charge in [0.15, 0.2) is 0 Å². The molecule has 0 aromatic rings. The Morgan fingerprint density at radius 2 is 2.00 bits per heavy atom. The molecule has 1 fully saturated rings. The van der Waals surface area contributed by atoms with E-state index in [4.69, 9.17) is 0 Å². The molecule has 0 saturated carbocycles. The Labute approximate surface area is 61.3 Å². The zero-order chi connectivity index (χ0) is 7.56.